The molecule has 0 amide bonds. The predicted molar refractivity (Wildman–Crippen MR) is 66.7 cm³/mol. The Morgan fingerprint density at radius 3 is 2.56 bits per heavy atom. The van der Waals surface area contributed by atoms with Crippen LogP contribution in [-0.2, 0) is 14.3 Å². The number of hydrogen-bond donors (Lipinski definition) is 0. The molecule has 0 aromatic carbocycles. The van der Waals surface area contributed by atoms with Gasteiger partial charge in [0.05, 0.1) is 5.92 Å². The Bertz CT molecular complexity index is 437. The molecular weight excluding hydrogens is 228 g/mol. The number of rotatable bonds is 0. The number of carbonyl (C=O) groups excluding carboxylic acids is 2. The van der Waals surface area contributed by atoms with Gasteiger partial charge in [-0.3, -0.25) is 9.59 Å². The topological polar surface area (TPSA) is 43.4 Å². The maximum absolute atomic E-state index is 11.9. The average molecular weight is 248 g/mol. The molecule has 18 heavy (non-hydrogen) atoms. The second kappa shape index (κ2) is 3.94. The Morgan fingerprint density at radius 2 is 1.83 bits per heavy atom. The molecule has 98 valence electrons. The molecule has 0 spiro atoms. The maximum Gasteiger partial charge on any atom is 0.309 e. The molecule has 1 saturated heterocycles. The summed E-state index contributed by atoms with van der Waals surface area (Å²) in [4.78, 5) is 23.7. The SMILES string of the molecule is CC1CCC2C(C)C(=O)OC2C2C1=CC(=O)C2C. The number of ketones is 1. The lowest BCUT2D eigenvalue weighted by molar-refractivity contribution is -0.146. The Hall–Kier alpha value is -1.12. The maximum atomic E-state index is 11.9. The first kappa shape index (κ1) is 11.9. The van der Waals surface area contributed by atoms with Crippen LogP contribution in [0.1, 0.15) is 33.6 Å². The number of hydrogen-bond acceptors (Lipinski definition) is 3. The lowest BCUT2D eigenvalue weighted by Crippen LogP contribution is -2.32. The van der Waals surface area contributed by atoms with E-state index in [-0.39, 0.29) is 35.6 Å². The van der Waals surface area contributed by atoms with Crippen LogP contribution in [0.15, 0.2) is 11.6 Å². The van der Waals surface area contributed by atoms with Crippen molar-refractivity contribution in [3.8, 4) is 0 Å². The quantitative estimate of drug-likeness (QED) is 0.618. The third kappa shape index (κ3) is 1.49. The van der Waals surface area contributed by atoms with Gasteiger partial charge in [-0.1, -0.05) is 26.3 Å². The summed E-state index contributed by atoms with van der Waals surface area (Å²) >= 11 is 0. The van der Waals surface area contributed by atoms with Crippen LogP contribution in [0.25, 0.3) is 0 Å². The predicted octanol–water partition coefficient (Wildman–Crippen LogP) is 2.36. The summed E-state index contributed by atoms with van der Waals surface area (Å²) in [5.41, 5.74) is 1.22. The summed E-state index contributed by atoms with van der Waals surface area (Å²) < 4.78 is 5.61. The summed E-state index contributed by atoms with van der Waals surface area (Å²) in [5.74, 6) is 0.970. The normalized spacial score (nSPS) is 47.2. The van der Waals surface area contributed by atoms with Gasteiger partial charge in [0.15, 0.2) is 5.78 Å². The smallest absolute Gasteiger partial charge is 0.309 e. The summed E-state index contributed by atoms with van der Waals surface area (Å²) in [6.45, 7) is 6.13. The van der Waals surface area contributed by atoms with E-state index >= 15 is 0 Å². The highest BCUT2D eigenvalue weighted by Crippen LogP contribution is 2.49. The molecule has 3 heteroatoms. The van der Waals surface area contributed by atoms with Gasteiger partial charge < -0.3 is 4.74 Å². The van der Waals surface area contributed by atoms with Crippen molar-refractivity contribution >= 4 is 11.8 Å². The monoisotopic (exact) mass is 248 g/mol. The van der Waals surface area contributed by atoms with Crippen LogP contribution >= 0.6 is 0 Å². The van der Waals surface area contributed by atoms with Crippen molar-refractivity contribution in [1.82, 2.24) is 0 Å². The molecule has 3 aliphatic rings. The van der Waals surface area contributed by atoms with Gasteiger partial charge in [-0.05, 0) is 24.8 Å². The van der Waals surface area contributed by atoms with Gasteiger partial charge >= 0.3 is 5.97 Å². The molecule has 2 fully saturated rings. The molecule has 3 rings (SSSR count). The van der Waals surface area contributed by atoms with Crippen molar-refractivity contribution in [2.45, 2.75) is 39.7 Å². The molecule has 6 unspecified atom stereocenters. The number of ether oxygens (including phenoxy) is 1. The van der Waals surface area contributed by atoms with E-state index in [4.69, 9.17) is 4.74 Å². The lowest BCUT2D eigenvalue weighted by Gasteiger charge is -2.27. The van der Waals surface area contributed by atoms with Crippen molar-refractivity contribution in [1.29, 1.82) is 0 Å². The molecule has 3 nitrogen and oxygen atoms in total. The van der Waals surface area contributed by atoms with Crippen molar-refractivity contribution in [2.24, 2.45) is 29.6 Å². The van der Waals surface area contributed by atoms with Crippen molar-refractivity contribution in [3.05, 3.63) is 11.6 Å². The van der Waals surface area contributed by atoms with Crippen LogP contribution < -0.4 is 0 Å². The molecular formula is C15H20O3. The number of fused-ring (bicyclic) bond motifs is 3. The van der Waals surface area contributed by atoms with Crippen LogP contribution in [0.5, 0.6) is 0 Å². The van der Waals surface area contributed by atoms with Crippen LogP contribution in [0.2, 0.25) is 0 Å². The van der Waals surface area contributed by atoms with Gasteiger partial charge in [-0.15, -0.1) is 0 Å². The van der Waals surface area contributed by atoms with E-state index in [0.29, 0.717) is 11.8 Å². The number of carbonyl (C=O) groups is 2. The van der Waals surface area contributed by atoms with E-state index in [1.165, 1.54) is 5.57 Å². The van der Waals surface area contributed by atoms with E-state index in [1.807, 2.05) is 19.9 Å². The lowest BCUT2D eigenvalue weighted by atomic mass is 9.79. The minimum Gasteiger partial charge on any atom is -0.461 e. The minimum absolute atomic E-state index is 0.00977. The van der Waals surface area contributed by atoms with Crippen LogP contribution in [0, 0.1) is 29.6 Å². The fourth-order valence-electron chi connectivity index (χ4n) is 3.95. The number of esters is 1. The third-order valence-corrected chi connectivity index (χ3v) is 5.23. The van der Waals surface area contributed by atoms with Crippen LogP contribution in [0.3, 0.4) is 0 Å². The standard InChI is InChI=1S/C15H20O3/c1-7-4-5-10-8(2)15(17)18-14(10)13-9(3)12(16)6-11(7)13/h6-10,13-14H,4-5H2,1-3H3. The first-order valence-electron chi connectivity index (χ1n) is 6.96. The van der Waals surface area contributed by atoms with E-state index < -0.39 is 0 Å². The van der Waals surface area contributed by atoms with Gasteiger partial charge in [0.25, 0.3) is 0 Å². The second-order valence-corrected chi connectivity index (χ2v) is 6.19. The first-order valence-corrected chi connectivity index (χ1v) is 6.96. The van der Waals surface area contributed by atoms with E-state index in [0.717, 1.165) is 12.8 Å². The zero-order chi connectivity index (χ0) is 13.0. The van der Waals surface area contributed by atoms with E-state index in [1.54, 1.807) is 0 Å². The molecule has 0 N–H and O–H groups in total. The van der Waals surface area contributed by atoms with Crippen molar-refractivity contribution in [2.75, 3.05) is 0 Å². The highest BCUT2D eigenvalue weighted by atomic mass is 16.6. The molecule has 0 radical (unpaired) electrons. The van der Waals surface area contributed by atoms with Crippen LogP contribution in [-0.4, -0.2) is 17.9 Å². The van der Waals surface area contributed by atoms with Gasteiger partial charge in [0.1, 0.15) is 6.10 Å². The summed E-state index contributed by atoms with van der Waals surface area (Å²) in [6, 6.07) is 0. The average Bonchev–Trinajstić information content (AvgIpc) is 2.72. The zero-order valence-electron chi connectivity index (χ0n) is 11.2. The molecule has 6 atom stereocenters. The Morgan fingerprint density at radius 1 is 1.11 bits per heavy atom. The highest BCUT2D eigenvalue weighted by Gasteiger charge is 2.52. The fraction of sp³-hybridized carbons (Fsp3) is 0.733. The number of allylic oxidation sites excluding steroid dienone is 1. The largest absolute Gasteiger partial charge is 0.461 e. The molecule has 2 aliphatic carbocycles. The summed E-state index contributed by atoms with van der Waals surface area (Å²) in [6.07, 6.45) is 3.85. The first-order chi connectivity index (χ1) is 8.50. The van der Waals surface area contributed by atoms with Gasteiger partial charge in [0, 0.05) is 17.8 Å². The summed E-state index contributed by atoms with van der Waals surface area (Å²) in [5, 5.41) is 0. The van der Waals surface area contributed by atoms with Crippen molar-refractivity contribution in [3.63, 3.8) is 0 Å². The van der Waals surface area contributed by atoms with E-state index in [2.05, 4.69) is 6.92 Å². The molecule has 0 bridgehead atoms. The van der Waals surface area contributed by atoms with Gasteiger partial charge in [0.2, 0.25) is 0 Å². The molecule has 1 heterocycles. The fourth-order valence-corrected chi connectivity index (χ4v) is 3.95. The molecule has 1 aliphatic heterocycles. The Kier molecular flexibility index (Phi) is 2.61. The van der Waals surface area contributed by atoms with Gasteiger partial charge in [-0.2, -0.15) is 0 Å². The molecule has 0 aromatic heterocycles. The Balaban J connectivity index is 2.00. The molecule has 1 saturated carbocycles. The van der Waals surface area contributed by atoms with Gasteiger partial charge in [-0.25, -0.2) is 0 Å². The van der Waals surface area contributed by atoms with E-state index in [9.17, 15) is 9.59 Å². The Labute approximate surface area is 108 Å². The second-order valence-electron chi connectivity index (χ2n) is 6.19. The highest BCUT2D eigenvalue weighted by molar-refractivity contribution is 5.95. The third-order valence-electron chi connectivity index (χ3n) is 5.23. The minimum atomic E-state index is -0.0783. The van der Waals surface area contributed by atoms with Crippen LogP contribution in [0.4, 0.5) is 0 Å². The summed E-state index contributed by atoms with van der Waals surface area (Å²) in [7, 11) is 0. The van der Waals surface area contributed by atoms with Crippen molar-refractivity contribution < 1.29 is 14.3 Å². The molecule has 0 aromatic rings. The zero-order valence-corrected chi connectivity index (χ0v) is 11.2.